The average Bonchev–Trinajstić information content (AvgIpc) is 3.67. The minimum Gasteiger partial charge on any atom is -0.358 e. The van der Waals surface area contributed by atoms with Gasteiger partial charge in [-0.05, 0) is 26.2 Å². The van der Waals surface area contributed by atoms with E-state index in [0.717, 1.165) is 5.57 Å². The Balaban J connectivity index is 1.31. The van der Waals surface area contributed by atoms with E-state index < -0.39 is 24.1 Å². The molecule has 1 saturated carbocycles. The summed E-state index contributed by atoms with van der Waals surface area (Å²) in [5, 5.41) is 3.03. The molecule has 4 rings (SSSR count). The molecule has 4 fully saturated rings. The molecule has 0 radical (unpaired) electrons. The van der Waals surface area contributed by atoms with Crippen LogP contribution in [0.15, 0.2) is 23.8 Å². The second-order valence-electron chi connectivity index (χ2n) is 9.64. The first-order valence-electron chi connectivity index (χ1n) is 12.2. The number of fused-ring (bicyclic) bond motifs is 4. The van der Waals surface area contributed by atoms with Crippen molar-refractivity contribution in [3.8, 4) is 0 Å². The van der Waals surface area contributed by atoms with Gasteiger partial charge in [0.15, 0.2) is 12.1 Å². The molecule has 0 aromatic rings. The third-order valence-corrected chi connectivity index (χ3v) is 6.93. The predicted octanol–water partition coefficient (Wildman–Crippen LogP) is 3.22. The maximum atomic E-state index is 12.6. The van der Waals surface area contributed by atoms with E-state index in [-0.39, 0.29) is 29.9 Å². The number of ketones is 1. The summed E-state index contributed by atoms with van der Waals surface area (Å²) < 4.78 is 23.3. The lowest BCUT2D eigenvalue weighted by Gasteiger charge is -2.27. The van der Waals surface area contributed by atoms with E-state index in [2.05, 4.69) is 25.2 Å². The number of carbonyl (C=O) groups excluding carboxylic acids is 2. The molecule has 7 heteroatoms. The first kappa shape index (κ1) is 23.6. The maximum Gasteiger partial charge on any atom is 0.244 e. The van der Waals surface area contributed by atoms with Crippen molar-refractivity contribution in [2.24, 2.45) is 5.92 Å². The predicted molar refractivity (Wildman–Crippen MR) is 119 cm³/mol. The van der Waals surface area contributed by atoms with E-state index in [1.165, 1.54) is 32.1 Å². The average molecular weight is 448 g/mol. The molecule has 1 amide bonds. The molecule has 7 unspecified atom stereocenters. The molecule has 3 saturated heterocycles. The molecular weight excluding hydrogens is 410 g/mol. The van der Waals surface area contributed by atoms with Crippen molar-refractivity contribution in [1.29, 1.82) is 0 Å². The van der Waals surface area contributed by atoms with Crippen molar-refractivity contribution in [3.05, 3.63) is 23.8 Å². The highest BCUT2D eigenvalue weighted by Crippen LogP contribution is 2.57. The van der Waals surface area contributed by atoms with Gasteiger partial charge in [-0.3, -0.25) is 9.59 Å². The van der Waals surface area contributed by atoms with Gasteiger partial charge in [-0.25, -0.2) is 0 Å². The molecule has 3 aliphatic heterocycles. The lowest BCUT2D eigenvalue weighted by atomic mass is 9.81. The quantitative estimate of drug-likeness (QED) is 0.226. The van der Waals surface area contributed by atoms with Crippen molar-refractivity contribution in [2.45, 2.75) is 109 Å². The number of allylic oxidation sites excluding steroid dienone is 3. The second-order valence-corrected chi connectivity index (χ2v) is 9.64. The van der Waals surface area contributed by atoms with Crippen LogP contribution >= 0.6 is 0 Å². The Bertz CT molecular complexity index is 756. The van der Waals surface area contributed by atoms with Crippen LogP contribution in [0.2, 0.25) is 0 Å². The third-order valence-electron chi connectivity index (χ3n) is 6.93. The van der Waals surface area contributed by atoms with Crippen molar-refractivity contribution in [2.75, 3.05) is 6.61 Å². The number of epoxide rings is 2. The molecule has 0 aromatic heterocycles. The van der Waals surface area contributed by atoms with Crippen LogP contribution in [0.4, 0.5) is 0 Å². The molecular formula is C25H37NO6. The van der Waals surface area contributed by atoms with E-state index in [1.807, 2.05) is 19.9 Å². The zero-order valence-electron chi connectivity index (χ0n) is 19.7. The minimum atomic E-state index is -0.715. The SMILES string of the molecule is CCCCCCC(C)/C=C(C)\C=C\C(=O)NC1CC2(OC1OCC)C1OC1C(=O)C1OC12. The van der Waals surface area contributed by atoms with Crippen LogP contribution in [-0.4, -0.2) is 60.6 Å². The minimum absolute atomic E-state index is 0.0134. The lowest BCUT2D eigenvalue weighted by Crippen LogP contribution is -2.49. The summed E-state index contributed by atoms with van der Waals surface area (Å²) in [6.07, 6.45) is 10.3. The fourth-order valence-electron chi connectivity index (χ4n) is 5.23. The summed E-state index contributed by atoms with van der Waals surface area (Å²) >= 11 is 0. The number of rotatable bonds is 11. The number of hydrogen-bond acceptors (Lipinski definition) is 6. The molecule has 4 aliphatic rings. The molecule has 178 valence electrons. The molecule has 32 heavy (non-hydrogen) atoms. The van der Waals surface area contributed by atoms with Crippen LogP contribution in [-0.2, 0) is 28.5 Å². The van der Waals surface area contributed by atoms with Crippen LogP contribution in [0, 0.1) is 5.92 Å². The van der Waals surface area contributed by atoms with Gasteiger partial charge in [0.1, 0.15) is 30.0 Å². The molecule has 1 spiro atoms. The normalized spacial score (nSPS) is 38.6. The highest BCUT2D eigenvalue weighted by Gasteiger charge is 2.79. The summed E-state index contributed by atoms with van der Waals surface area (Å²) in [5.41, 5.74) is 0.367. The van der Waals surface area contributed by atoms with E-state index in [9.17, 15) is 9.59 Å². The maximum absolute atomic E-state index is 12.6. The number of unbranched alkanes of at least 4 members (excludes halogenated alkanes) is 3. The number of amides is 1. The second kappa shape index (κ2) is 9.75. The van der Waals surface area contributed by atoms with Gasteiger partial charge in [-0.2, -0.15) is 0 Å². The van der Waals surface area contributed by atoms with Crippen LogP contribution in [0.25, 0.3) is 0 Å². The summed E-state index contributed by atoms with van der Waals surface area (Å²) in [7, 11) is 0. The van der Waals surface area contributed by atoms with E-state index in [0.29, 0.717) is 18.9 Å². The summed E-state index contributed by atoms with van der Waals surface area (Å²) in [6, 6.07) is -0.322. The first-order chi connectivity index (χ1) is 15.4. The largest absolute Gasteiger partial charge is 0.358 e. The number of ether oxygens (including phenoxy) is 4. The Morgan fingerprint density at radius 3 is 2.56 bits per heavy atom. The standard InChI is InChI=1S/C25H37NO6/c1-5-7-8-9-10-15(3)13-16(4)11-12-18(27)26-17-14-25(32-24(17)29-6-2)22-20(30-22)19(28)21-23(25)31-21/h11-13,15,17,20-24H,5-10,14H2,1-4H3,(H,26,27)/b12-11+,16-13-. The van der Waals surface area contributed by atoms with Gasteiger partial charge in [-0.15, -0.1) is 0 Å². The van der Waals surface area contributed by atoms with E-state index in [4.69, 9.17) is 18.9 Å². The fraction of sp³-hybridized carbons (Fsp3) is 0.760. The Hall–Kier alpha value is -1.54. The Kier molecular flexibility index (Phi) is 7.20. The molecule has 0 aromatic carbocycles. The third kappa shape index (κ3) is 4.86. The zero-order chi connectivity index (χ0) is 22.9. The highest BCUT2D eigenvalue weighted by molar-refractivity contribution is 5.94. The van der Waals surface area contributed by atoms with Crippen LogP contribution in [0.3, 0.4) is 0 Å². The smallest absolute Gasteiger partial charge is 0.244 e. The fourth-order valence-corrected chi connectivity index (χ4v) is 5.23. The van der Waals surface area contributed by atoms with Gasteiger partial charge < -0.3 is 24.3 Å². The van der Waals surface area contributed by atoms with E-state index >= 15 is 0 Å². The lowest BCUT2D eigenvalue weighted by molar-refractivity contribution is -0.184. The molecule has 1 N–H and O–H groups in total. The molecule has 0 bridgehead atoms. The van der Waals surface area contributed by atoms with Crippen molar-refractivity contribution in [3.63, 3.8) is 0 Å². The summed E-state index contributed by atoms with van der Waals surface area (Å²) in [5.74, 6) is 0.327. The van der Waals surface area contributed by atoms with Gasteiger partial charge in [0.2, 0.25) is 5.91 Å². The van der Waals surface area contributed by atoms with Crippen molar-refractivity contribution in [1.82, 2.24) is 5.32 Å². The molecule has 7 atom stereocenters. The van der Waals surface area contributed by atoms with Gasteiger partial charge in [0, 0.05) is 19.1 Å². The van der Waals surface area contributed by atoms with Crippen molar-refractivity contribution < 1.29 is 28.5 Å². The summed E-state index contributed by atoms with van der Waals surface area (Å²) in [4.78, 5) is 24.7. The topological polar surface area (TPSA) is 89.7 Å². The number of carbonyl (C=O) groups is 2. The number of Topliss-reactive ketones (excluding diaryl/α,β-unsaturated/α-hetero) is 1. The highest BCUT2D eigenvalue weighted by atomic mass is 16.7. The van der Waals surface area contributed by atoms with Crippen LogP contribution < -0.4 is 5.32 Å². The summed E-state index contributed by atoms with van der Waals surface area (Å²) in [6.45, 7) is 8.82. The first-order valence-corrected chi connectivity index (χ1v) is 12.2. The number of nitrogens with one attached hydrogen (secondary N) is 1. The van der Waals surface area contributed by atoms with Gasteiger partial charge in [0.25, 0.3) is 0 Å². The monoisotopic (exact) mass is 447 g/mol. The molecule has 1 aliphatic carbocycles. The van der Waals surface area contributed by atoms with E-state index in [1.54, 1.807) is 6.08 Å². The van der Waals surface area contributed by atoms with Crippen LogP contribution in [0.1, 0.15) is 66.2 Å². The van der Waals surface area contributed by atoms with Gasteiger partial charge in [0.05, 0.1) is 6.04 Å². The van der Waals surface area contributed by atoms with Crippen molar-refractivity contribution >= 4 is 11.7 Å². The van der Waals surface area contributed by atoms with Gasteiger partial charge in [-0.1, -0.05) is 57.3 Å². The molecule has 7 nitrogen and oxygen atoms in total. The number of hydrogen-bond donors (Lipinski definition) is 1. The Morgan fingerprint density at radius 2 is 1.91 bits per heavy atom. The zero-order valence-corrected chi connectivity index (χ0v) is 19.7. The van der Waals surface area contributed by atoms with Crippen LogP contribution in [0.5, 0.6) is 0 Å². The Labute approximate surface area is 190 Å². The van der Waals surface area contributed by atoms with Gasteiger partial charge >= 0.3 is 0 Å². The molecule has 3 heterocycles. The Morgan fingerprint density at radius 1 is 1.19 bits per heavy atom.